The number of benzene rings is 2. The standard InChI is InChI=1S/C28H29NO6/c1-16-24(27(31)33-14-17-5-8-19(32-4)9-6-17)25(18-7-10-22-23(11-18)35-15-34-22)26-20(29-16)12-28(2,3)13-21(26)30/h5-11,25,29H,12-15H2,1-4H3/t25-/m0/s1. The third-order valence-electron chi connectivity index (χ3n) is 6.72. The van der Waals surface area contributed by atoms with Crippen LogP contribution in [-0.4, -0.2) is 25.7 Å². The summed E-state index contributed by atoms with van der Waals surface area (Å²) in [6.07, 6.45) is 1.14. The van der Waals surface area contributed by atoms with Crippen LogP contribution in [-0.2, 0) is 20.9 Å². The Morgan fingerprint density at radius 1 is 1.09 bits per heavy atom. The molecule has 35 heavy (non-hydrogen) atoms. The molecule has 3 aliphatic rings. The van der Waals surface area contributed by atoms with E-state index in [1.807, 2.05) is 49.4 Å². The van der Waals surface area contributed by atoms with Crippen molar-refractivity contribution in [1.29, 1.82) is 0 Å². The van der Waals surface area contributed by atoms with Crippen LogP contribution in [0.2, 0.25) is 0 Å². The van der Waals surface area contributed by atoms with Crippen molar-refractivity contribution in [2.45, 2.75) is 46.1 Å². The highest BCUT2D eigenvalue weighted by atomic mass is 16.7. The van der Waals surface area contributed by atoms with Crippen LogP contribution in [0.1, 0.15) is 50.7 Å². The van der Waals surface area contributed by atoms with Crippen molar-refractivity contribution in [3.05, 3.63) is 76.1 Å². The second-order valence-corrected chi connectivity index (χ2v) is 9.97. The van der Waals surface area contributed by atoms with E-state index in [2.05, 4.69) is 19.2 Å². The van der Waals surface area contributed by atoms with Gasteiger partial charge in [-0.05, 0) is 54.2 Å². The molecule has 0 spiro atoms. The smallest absolute Gasteiger partial charge is 0.337 e. The topological polar surface area (TPSA) is 83.1 Å². The van der Waals surface area contributed by atoms with Gasteiger partial charge in [-0.25, -0.2) is 4.79 Å². The number of allylic oxidation sites excluding steroid dienone is 3. The molecule has 0 radical (unpaired) electrons. The van der Waals surface area contributed by atoms with Crippen LogP contribution < -0.4 is 19.5 Å². The fraction of sp³-hybridized carbons (Fsp3) is 0.357. The molecule has 182 valence electrons. The van der Waals surface area contributed by atoms with Crippen LogP contribution >= 0.6 is 0 Å². The Hall–Kier alpha value is -3.74. The predicted octanol–water partition coefficient (Wildman–Crippen LogP) is 4.77. The van der Waals surface area contributed by atoms with Gasteiger partial charge in [-0.2, -0.15) is 0 Å². The summed E-state index contributed by atoms with van der Waals surface area (Å²) in [7, 11) is 1.60. The van der Waals surface area contributed by atoms with Crippen LogP contribution in [0, 0.1) is 5.41 Å². The van der Waals surface area contributed by atoms with Crippen molar-refractivity contribution in [3.63, 3.8) is 0 Å². The Morgan fingerprint density at radius 3 is 2.57 bits per heavy atom. The zero-order valence-electron chi connectivity index (χ0n) is 20.4. The highest BCUT2D eigenvalue weighted by molar-refractivity contribution is 6.04. The molecule has 0 unspecified atom stereocenters. The number of hydrogen-bond acceptors (Lipinski definition) is 7. The lowest BCUT2D eigenvalue weighted by Gasteiger charge is -2.39. The number of hydrogen-bond donors (Lipinski definition) is 1. The summed E-state index contributed by atoms with van der Waals surface area (Å²) in [6, 6.07) is 12.9. The number of rotatable bonds is 5. The number of fused-ring (bicyclic) bond motifs is 1. The van der Waals surface area contributed by atoms with Gasteiger partial charge in [0.05, 0.1) is 12.7 Å². The third-order valence-corrected chi connectivity index (χ3v) is 6.72. The fourth-order valence-corrected chi connectivity index (χ4v) is 5.08. The van der Waals surface area contributed by atoms with Crippen molar-refractivity contribution in [1.82, 2.24) is 5.32 Å². The van der Waals surface area contributed by atoms with E-state index in [0.717, 1.165) is 29.0 Å². The van der Waals surface area contributed by atoms with Crippen LogP contribution in [0.4, 0.5) is 0 Å². The van der Waals surface area contributed by atoms with E-state index < -0.39 is 11.9 Å². The lowest BCUT2D eigenvalue weighted by molar-refractivity contribution is -0.140. The SMILES string of the molecule is COc1ccc(COC(=O)C2=C(C)NC3=C(C(=O)CC(C)(C)C3)[C@H]2c2ccc3c(c2)OCO3)cc1. The molecule has 0 saturated carbocycles. The Balaban J connectivity index is 1.50. The Morgan fingerprint density at radius 2 is 1.83 bits per heavy atom. The number of dihydropyridines is 1. The van der Waals surface area contributed by atoms with Gasteiger partial charge in [0.25, 0.3) is 0 Å². The first kappa shape index (κ1) is 23.0. The number of esters is 1. The van der Waals surface area contributed by atoms with Gasteiger partial charge in [-0.3, -0.25) is 4.79 Å². The number of methoxy groups -OCH3 is 1. The molecular weight excluding hydrogens is 446 g/mol. The molecule has 5 rings (SSSR count). The number of nitrogens with one attached hydrogen (secondary N) is 1. The van der Waals surface area contributed by atoms with Gasteiger partial charge in [0.15, 0.2) is 17.3 Å². The molecule has 1 aliphatic carbocycles. The van der Waals surface area contributed by atoms with E-state index in [9.17, 15) is 9.59 Å². The maximum atomic E-state index is 13.5. The van der Waals surface area contributed by atoms with E-state index in [-0.39, 0.29) is 24.6 Å². The molecule has 0 saturated heterocycles. The molecule has 0 bridgehead atoms. The van der Waals surface area contributed by atoms with Crippen molar-refractivity contribution < 1.29 is 28.5 Å². The quantitative estimate of drug-likeness (QED) is 0.624. The molecule has 0 amide bonds. The van der Waals surface area contributed by atoms with E-state index >= 15 is 0 Å². The minimum atomic E-state index is -0.548. The molecule has 2 aromatic rings. The number of Topliss-reactive ketones (excluding diaryl/α,β-unsaturated/α-hetero) is 1. The zero-order valence-corrected chi connectivity index (χ0v) is 20.4. The van der Waals surface area contributed by atoms with Crippen LogP contribution in [0.3, 0.4) is 0 Å². The maximum absolute atomic E-state index is 13.5. The predicted molar refractivity (Wildman–Crippen MR) is 129 cm³/mol. The molecule has 1 atom stereocenters. The Labute approximate surface area is 204 Å². The van der Waals surface area contributed by atoms with Gasteiger partial charge in [0.2, 0.25) is 6.79 Å². The molecule has 2 heterocycles. The van der Waals surface area contributed by atoms with Crippen LogP contribution in [0.25, 0.3) is 0 Å². The van der Waals surface area contributed by atoms with Gasteiger partial charge < -0.3 is 24.3 Å². The number of carbonyl (C=O) groups excluding carboxylic acids is 2. The summed E-state index contributed by atoms with van der Waals surface area (Å²) >= 11 is 0. The molecule has 0 aromatic heterocycles. The van der Waals surface area contributed by atoms with Gasteiger partial charge in [0.1, 0.15) is 12.4 Å². The van der Waals surface area contributed by atoms with Crippen molar-refractivity contribution in [2.24, 2.45) is 5.41 Å². The van der Waals surface area contributed by atoms with E-state index in [4.69, 9.17) is 18.9 Å². The van der Waals surface area contributed by atoms with Crippen molar-refractivity contribution >= 4 is 11.8 Å². The summed E-state index contributed by atoms with van der Waals surface area (Å²) in [5.41, 5.74) is 4.11. The summed E-state index contributed by atoms with van der Waals surface area (Å²) in [5.74, 6) is 1.02. The van der Waals surface area contributed by atoms with Gasteiger partial charge >= 0.3 is 5.97 Å². The van der Waals surface area contributed by atoms with Gasteiger partial charge in [-0.1, -0.05) is 32.0 Å². The zero-order chi connectivity index (χ0) is 24.7. The molecular formula is C28H29NO6. The minimum Gasteiger partial charge on any atom is -0.497 e. The fourth-order valence-electron chi connectivity index (χ4n) is 5.08. The van der Waals surface area contributed by atoms with E-state index in [1.165, 1.54) is 0 Å². The molecule has 2 aromatic carbocycles. The highest BCUT2D eigenvalue weighted by Crippen LogP contribution is 2.48. The summed E-state index contributed by atoms with van der Waals surface area (Å²) in [4.78, 5) is 26.9. The normalized spacial score (nSPS) is 20.3. The van der Waals surface area contributed by atoms with E-state index in [0.29, 0.717) is 34.8 Å². The average molecular weight is 476 g/mol. The molecule has 7 nitrogen and oxygen atoms in total. The molecule has 2 aliphatic heterocycles. The molecule has 0 fully saturated rings. The van der Waals surface area contributed by atoms with Crippen molar-refractivity contribution in [3.8, 4) is 17.2 Å². The van der Waals surface area contributed by atoms with Gasteiger partial charge in [-0.15, -0.1) is 0 Å². The third kappa shape index (κ3) is 4.38. The number of ether oxygens (including phenoxy) is 4. The average Bonchev–Trinajstić information content (AvgIpc) is 3.29. The first-order valence-electron chi connectivity index (χ1n) is 11.7. The minimum absolute atomic E-state index is 0.0411. The highest BCUT2D eigenvalue weighted by Gasteiger charge is 2.43. The Bertz CT molecular complexity index is 1250. The lowest BCUT2D eigenvalue weighted by atomic mass is 9.68. The summed E-state index contributed by atoms with van der Waals surface area (Å²) < 4.78 is 22.0. The second-order valence-electron chi connectivity index (χ2n) is 9.97. The van der Waals surface area contributed by atoms with Crippen LogP contribution in [0.5, 0.6) is 17.2 Å². The largest absolute Gasteiger partial charge is 0.497 e. The second kappa shape index (κ2) is 8.80. The van der Waals surface area contributed by atoms with Crippen LogP contribution in [0.15, 0.2) is 65.0 Å². The Kier molecular flexibility index (Phi) is 5.79. The molecule has 1 N–H and O–H groups in total. The lowest BCUT2D eigenvalue weighted by Crippen LogP contribution is -2.38. The first-order valence-corrected chi connectivity index (χ1v) is 11.7. The summed E-state index contributed by atoms with van der Waals surface area (Å²) in [6.45, 7) is 6.30. The number of carbonyl (C=O) groups is 2. The summed E-state index contributed by atoms with van der Waals surface area (Å²) in [5, 5.41) is 3.37. The van der Waals surface area contributed by atoms with E-state index in [1.54, 1.807) is 7.11 Å². The number of ketones is 1. The maximum Gasteiger partial charge on any atom is 0.337 e. The molecule has 7 heteroatoms. The first-order chi connectivity index (χ1) is 16.8. The van der Waals surface area contributed by atoms with Crippen molar-refractivity contribution in [2.75, 3.05) is 13.9 Å². The monoisotopic (exact) mass is 475 g/mol. The van der Waals surface area contributed by atoms with Gasteiger partial charge in [0, 0.05) is 29.3 Å².